The summed E-state index contributed by atoms with van der Waals surface area (Å²) in [6.07, 6.45) is 1.93. The number of hydrogen-bond donors (Lipinski definition) is 0. The summed E-state index contributed by atoms with van der Waals surface area (Å²) >= 11 is 0. The Morgan fingerprint density at radius 2 is 1.60 bits per heavy atom. The van der Waals surface area contributed by atoms with Gasteiger partial charge in [-0.05, 0) is 48.2 Å². The van der Waals surface area contributed by atoms with Crippen molar-refractivity contribution in [2.45, 2.75) is 26.7 Å². The van der Waals surface area contributed by atoms with Crippen LogP contribution in [0.1, 0.15) is 30.5 Å². The largest absolute Gasteiger partial charge is 0.497 e. The molecule has 0 aromatic heterocycles. The van der Waals surface area contributed by atoms with E-state index in [9.17, 15) is 0 Å². The summed E-state index contributed by atoms with van der Waals surface area (Å²) in [5.41, 5.74) is 3.85. The second kappa shape index (κ2) is 6.99. The van der Waals surface area contributed by atoms with E-state index in [1.165, 1.54) is 16.7 Å². The van der Waals surface area contributed by atoms with Crippen LogP contribution in [0.5, 0.6) is 11.5 Å². The average molecular weight is 270 g/mol. The van der Waals surface area contributed by atoms with Crippen molar-refractivity contribution in [2.24, 2.45) is 0 Å². The number of rotatable bonds is 6. The Labute approximate surface area is 121 Å². The van der Waals surface area contributed by atoms with Gasteiger partial charge in [0.25, 0.3) is 0 Å². The fourth-order valence-electron chi connectivity index (χ4n) is 2.25. The summed E-state index contributed by atoms with van der Waals surface area (Å²) < 4.78 is 10.9. The molecule has 0 fully saturated rings. The molecule has 20 heavy (non-hydrogen) atoms. The van der Waals surface area contributed by atoms with Gasteiger partial charge in [-0.1, -0.05) is 31.2 Å². The van der Waals surface area contributed by atoms with Gasteiger partial charge >= 0.3 is 0 Å². The highest BCUT2D eigenvalue weighted by molar-refractivity contribution is 5.41. The molecular weight excluding hydrogens is 248 g/mol. The summed E-state index contributed by atoms with van der Waals surface area (Å²) in [4.78, 5) is 0. The minimum atomic E-state index is 0.696. The topological polar surface area (TPSA) is 18.5 Å². The van der Waals surface area contributed by atoms with Crippen molar-refractivity contribution in [3.63, 3.8) is 0 Å². The quantitative estimate of drug-likeness (QED) is 0.781. The molecule has 0 bridgehead atoms. The normalized spacial score (nSPS) is 10.3. The molecule has 2 aromatic rings. The molecule has 106 valence electrons. The third-order valence-corrected chi connectivity index (χ3v) is 3.39. The highest BCUT2D eigenvalue weighted by Crippen LogP contribution is 2.24. The van der Waals surface area contributed by atoms with Gasteiger partial charge in [0, 0.05) is 6.42 Å². The van der Waals surface area contributed by atoms with E-state index in [1.807, 2.05) is 19.1 Å². The number of methoxy groups -OCH3 is 1. The highest BCUT2D eigenvalue weighted by Gasteiger charge is 2.06. The van der Waals surface area contributed by atoms with E-state index in [4.69, 9.17) is 9.47 Å². The van der Waals surface area contributed by atoms with E-state index in [-0.39, 0.29) is 0 Å². The summed E-state index contributed by atoms with van der Waals surface area (Å²) in [6.45, 7) is 4.89. The van der Waals surface area contributed by atoms with Crippen LogP contribution in [-0.4, -0.2) is 13.7 Å². The lowest BCUT2D eigenvalue weighted by Crippen LogP contribution is -1.99. The molecular formula is C18H22O2. The molecule has 2 nitrogen and oxygen atoms in total. The van der Waals surface area contributed by atoms with Gasteiger partial charge in [0.15, 0.2) is 0 Å². The zero-order valence-corrected chi connectivity index (χ0v) is 12.5. The molecule has 0 heterocycles. The Morgan fingerprint density at radius 1 is 0.900 bits per heavy atom. The third kappa shape index (κ3) is 3.53. The van der Waals surface area contributed by atoms with E-state index in [2.05, 4.69) is 37.3 Å². The summed E-state index contributed by atoms with van der Waals surface area (Å²) in [6, 6.07) is 14.7. The van der Waals surface area contributed by atoms with Gasteiger partial charge in [0.2, 0.25) is 0 Å². The van der Waals surface area contributed by atoms with E-state index >= 15 is 0 Å². The van der Waals surface area contributed by atoms with Gasteiger partial charge < -0.3 is 9.47 Å². The zero-order chi connectivity index (χ0) is 14.4. The fourth-order valence-corrected chi connectivity index (χ4v) is 2.25. The van der Waals surface area contributed by atoms with Gasteiger partial charge in [-0.3, -0.25) is 0 Å². The smallest absolute Gasteiger partial charge is 0.122 e. The maximum Gasteiger partial charge on any atom is 0.122 e. The van der Waals surface area contributed by atoms with Crippen molar-refractivity contribution in [3.8, 4) is 11.5 Å². The van der Waals surface area contributed by atoms with Crippen LogP contribution in [-0.2, 0) is 12.8 Å². The lowest BCUT2D eigenvalue weighted by molar-refractivity contribution is 0.337. The first-order valence-electron chi connectivity index (χ1n) is 7.14. The molecule has 0 aliphatic heterocycles. The summed E-state index contributed by atoms with van der Waals surface area (Å²) in [5, 5.41) is 0. The van der Waals surface area contributed by atoms with E-state index in [0.29, 0.717) is 6.61 Å². The second-order valence-electron chi connectivity index (χ2n) is 4.75. The number of aryl methyl sites for hydroxylation is 1. The molecule has 0 aliphatic carbocycles. The van der Waals surface area contributed by atoms with E-state index < -0.39 is 0 Å². The molecule has 0 saturated heterocycles. The zero-order valence-electron chi connectivity index (χ0n) is 12.5. The first kappa shape index (κ1) is 14.4. The molecule has 0 amide bonds. The van der Waals surface area contributed by atoms with Crippen molar-refractivity contribution in [1.82, 2.24) is 0 Å². The Balaban J connectivity index is 2.24. The molecule has 0 radical (unpaired) electrons. The number of hydrogen-bond acceptors (Lipinski definition) is 2. The van der Waals surface area contributed by atoms with E-state index in [1.54, 1.807) is 7.11 Å². The van der Waals surface area contributed by atoms with Crippen LogP contribution < -0.4 is 9.47 Å². The Kier molecular flexibility index (Phi) is 5.05. The van der Waals surface area contributed by atoms with E-state index in [0.717, 1.165) is 24.3 Å². The van der Waals surface area contributed by atoms with Gasteiger partial charge in [0.1, 0.15) is 11.5 Å². The number of ether oxygens (including phenoxy) is 2. The fraction of sp³-hybridized carbons (Fsp3) is 0.333. The average Bonchev–Trinajstić information content (AvgIpc) is 2.50. The third-order valence-electron chi connectivity index (χ3n) is 3.39. The lowest BCUT2D eigenvalue weighted by Gasteiger charge is -2.12. The van der Waals surface area contributed by atoms with Crippen molar-refractivity contribution >= 4 is 0 Å². The van der Waals surface area contributed by atoms with Crippen molar-refractivity contribution in [3.05, 3.63) is 59.2 Å². The van der Waals surface area contributed by atoms with Crippen LogP contribution in [0.25, 0.3) is 0 Å². The molecule has 0 unspecified atom stereocenters. The minimum absolute atomic E-state index is 0.696. The van der Waals surface area contributed by atoms with Crippen molar-refractivity contribution < 1.29 is 9.47 Å². The first-order chi connectivity index (χ1) is 9.76. The molecule has 2 rings (SSSR count). The van der Waals surface area contributed by atoms with Gasteiger partial charge in [-0.2, -0.15) is 0 Å². The number of benzene rings is 2. The highest BCUT2D eigenvalue weighted by atomic mass is 16.5. The van der Waals surface area contributed by atoms with Crippen LogP contribution in [0.15, 0.2) is 42.5 Å². The lowest BCUT2D eigenvalue weighted by atomic mass is 10.0. The van der Waals surface area contributed by atoms with Crippen LogP contribution in [0.3, 0.4) is 0 Å². The maximum atomic E-state index is 5.73. The molecule has 0 saturated carbocycles. The van der Waals surface area contributed by atoms with Gasteiger partial charge in [0.05, 0.1) is 13.7 Å². The maximum absolute atomic E-state index is 5.73. The van der Waals surface area contributed by atoms with Gasteiger partial charge in [-0.15, -0.1) is 0 Å². The Hall–Kier alpha value is -1.96. The van der Waals surface area contributed by atoms with Crippen molar-refractivity contribution in [1.29, 1.82) is 0 Å². The molecule has 0 N–H and O–H groups in total. The molecule has 0 spiro atoms. The minimum Gasteiger partial charge on any atom is -0.497 e. The van der Waals surface area contributed by atoms with Crippen LogP contribution in [0.2, 0.25) is 0 Å². The molecule has 0 aliphatic rings. The first-order valence-corrected chi connectivity index (χ1v) is 7.14. The van der Waals surface area contributed by atoms with Gasteiger partial charge in [-0.25, -0.2) is 0 Å². The Bertz CT molecular complexity index is 544. The predicted molar refractivity (Wildman–Crippen MR) is 82.8 cm³/mol. The predicted octanol–water partition coefficient (Wildman–Crippen LogP) is 4.25. The molecule has 2 aromatic carbocycles. The molecule has 0 atom stereocenters. The molecule has 2 heteroatoms. The van der Waals surface area contributed by atoms with Crippen molar-refractivity contribution in [2.75, 3.05) is 13.7 Å². The summed E-state index contributed by atoms with van der Waals surface area (Å²) in [7, 11) is 1.69. The van der Waals surface area contributed by atoms with Crippen LogP contribution in [0.4, 0.5) is 0 Å². The van der Waals surface area contributed by atoms with Crippen LogP contribution in [0, 0.1) is 0 Å². The Morgan fingerprint density at radius 3 is 2.20 bits per heavy atom. The van der Waals surface area contributed by atoms with Crippen LogP contribution >= 0.6 is 0 Å². The summed E-state index contributed by atoms with van der Waals surface area (Å²) in [5.74, 6) is 1.88. The standard InChI is InChI=1S/C18H22O2/c1-4-14-8-11-18(20-5-2)16(12-14)13-15-6-9-17(19-3)10-7-15/h6-12H,4-5,13H2,1-3H3. The SMILES string of the molecule is CCOc1ccc(CC)cc1Cc1ccc(OC)cc1. The monoisotopic (exact) mass is 270 g/mol. The second-order valence-corrected chi connectivity index (χ2v) is 4.75.